The van der Waals surface area contributed by atoms with Gasteiger partial charge in [0.2, 0.25) is 0 Å². The van der Waals surface area contributed by atoms with Crippen LogP contribution < -0.4 is 0 Å². The van der Waals surface area contributed by atoms with Crippen molar-refractivity contribution < 1.29 is 0 Å². The molecule has 2 aliphatic heterocycles. The highest BCUT2D eigenvalue weighted by atomic mass is 14.9. The molecule has 0 saturated carbocycles. The van der Waals surface area contributed by atoms with E-state index in [2.05, 4.69) is 76.2 Å². The van der Waals surface area contributed by atoms with E-state index in [-0.39, 0.29) is 0 Å². The fourth-order valence-electron chi connectivity index (χ4n) is 3.25. The van der Waals surface area contributed by atoms with E-state index in [1.807, 2.05) is 6.20 Å². The lowest BCUT2D eigenvalue weighted by Gasteiger charge is -1.96. The number of nitrogens with zero attached hydrogens (tertiary/aromatic N) is 2. The number of para-hydroxylation sites is 1. The second kappa shape index (κ2) is 3.83. The second-order valence-corrected chi connectivity index (χ2v) is 5.38. The number of rotatable bonds is 0. The van der Waals surface area contributed by atoms with Gasteiger partial charge in [0, 0.05) is 34.1 Å². The Bertz CT molecular complexity index is 1090. The van der Waals surface area contributed by atoms with Crippen LogP contribution in [0.3, 0.4) is 0 Å². The SMILES string of the molecule is c1ccc2c(c1)cc1c3ccccc3c3nccc-3cn21. The van der Waals surface area contributed by atoms with Crippen molar-refractivity contribution in [3.8, 4) is 11.3 Å². The van der Waals surface area contributed by atoms with Crippen molar-refractivity contribution in [3.63, 3.8) is 0 Å². The minimum absolute atomic E-state index is 1.07. The molecule has 2 aromatic carbocycles. The highest BCUT2D eigenvalue weighted by molar-refractivity contribution is 6.06. The van der Waals surface area contributed by atoms with Gasteiger partial charge in [-0.25, -0.2) is 0 Å². The van der Waals surface area contributed by atoms with Crippen molar-refractivity contribution in [1.29, 1.82) is 0 Å². The monoisotopic (exact) mass is 268 g/mol. The Morgan fingerprint density at radius 2 is 1.57 bits per heavy atom. The summed E-state index contributed by atoms with van der Waals surface area (Å²) in [6.45, 7) is 0. The molecule has 3 heterocycles. The molecule has 0 spiro atoms. The summed E-state index contributed by atoms with van der Waals surface area (Å²) in [5.41, 5.74) is 4.70. The summed E-state index contributed by atoms with van der Waals surface area (Å²) < 4.78 is 2.28. The van der Waals surface area contributed by atoms with E-state index in [1.54, 1.807) is 0 Å². The average Bonchev–Trinajstić information content (AvgIpc) is 3.10. The first-order chi connectivity index (χ1) is 10.4. The van der Waals surface area contributed by atoms with Crippen LogP contribution in [-0.2, 0) is 0 Å². The maximum atomic E-state index is 4.56. The summed E-state index contributed by atoms with van der Waals surface area (Å²) in [6, 6.07) is 21.3. The molecule has 1 aromatic heterocycles. The number of benzene rings is 2. The molecule has 0 bridgehead atoms. The van der Waals surface area contributed by atoms with Gasteiger partial charge in [-0.3, -0.25) is 4.98 Å². The molecular formula is C19H12N2. The van der Waals surface area contributed by atoms with Gasteiger partial charge in [0.25, 0.3) is 0 Å². The summed E-state index contributed by atoms with van der Waals surface area (Å²) in [6.07, 6.45) is 4.08. The lowest BCUT2D eigenvalue weighted by atomic mass is 10.1. The number of fused-ring (bicyclic) bond motifs is 7. The number of hydrogen-bond donors (Lipinski definition) is 0. The van der Waals surface area contributed by atoms with E-state index < -0.39 is 0 Å². The fourth-order valence-corrected chi connectivity index (χ4v) is 3.25. The lowest BCUT2D eigenvalue weighted by Crippen LogP contribution is -1.79. The highest BCUT2D eigenvalue weighted by Crippen LogP contribution is 2.33. The summed E-state index contributed by atoms with van der Waals surface area (Å²) >= 11 is 0. The van der Waals surface area contributed by atoms with Crippen LogP contribution in [0.15, 0.2) is 73.1 Å². The molecular weight excluding hydrogens is 256 g/mol. The Morgan fingerprint density at radius 1 is 0.762 bits per heavy atom. The molecule has 5 rings (SSSR count). The van der Waals surface area contributed by atoms with E-state index in [1.165, 1.54) is 32.8 Å². The van der Waals surface area contributed by atoms with Gasteiger partial charge >= 0.3 is 0 Å². The summed E-state index contributed by atoms with van der Waals surface area (Å²) in [5.74, 6) is 0. The zero-order chi connectivity index (χ0) is 13.8. The van der Waals surface area contributed by atoms with Crippen molar-refractivity contribution in [1.82, 2.24) is 9.38 Å². The van der Waals surface area contributed by atoms with E-state index in [4.69, 9.17) is 0 Å². The molecule has 2 heteroatoms. The lowest BCUT2D eigenvalue weighted by molar-refractivity contribution is 1.28. The van der Waals surface area contributed by atoms with Crippen LogP contribution in [0.25, 0.3) is 38.4 Å². The first-order valence-electron chi connectivity index (χ1n) is 7.08. The molecule has 2 aliphatic rings. The molecule has 0 amide bonds. The zero-order valence-electron chi connectivity index (χ0n) is 11.3. The molecule has 0 atom stereocenters. The third-order valence-corrected chi connectivity index (χ3v) is 4.21. The molecule has 2 nitrogen and oxygen atoms in total. The molecule has 0 radical (unpaired) electrons. The second-order valence-electron chi connectivity index (χ2n) is 5.38. The van der Waals surface area contributed by atoms with Crippen molar-refractivity contribution in [3.05, 3.63) is 73.1 Å². The van der Waals surface area contributed by atoms with Crippen LogP contribution in [0.4, 0.5) is 0 Å². The largest absolute Gasteiger partial charge is 0.315 e. The first-order valence-corrected chi connectivity index (χ1v) is 7.08. The van der Waals surface area contributed by atoms with Gasteiger partial charge in [-0.1, -0.05) is 42.5 Å². The quantitative estimate of drug-likeness (QED) is 0.396. The third kappa shape index (κ3) is 1.39. The van der Waals surface area contributed by atoms with Gasteiger partial charge in [0.1, 0.15) is 0 Å². The Balaban J connectivity index is 2.18. The first kappa shape index (κ1) is 10.9. The molecule has 0 N–H and O–H groups in total. The van der Waals surface area contributed by atoms with E-state index in [0.717, 1.165) is 5.69 Å². The molecule has 3 aromatic rings. The summed E-state index contributed by atoms with van der Waals surface area (Å²) in [7, 11) is 0. The third-order valence-electron chi connectivity index (χ3n) is 4.21. The fraction of sp³-hybridized carbons (Fsp3) is 0. The van der Waals surface area contributed by atoms with Gasteiger partial charge in [-0.2, -0.15) is 0 Å². The molecule has 98 valence electrons. The maximum Gasteiger partial charge on any atom is 0.0796 e. The zero-order valence-corrected chi connectivity index (χ0v) is 11.3. The molecule has 21 heavy (non-hydrogen) atoms. The van der Waals surface area contributed by atoms with E-state index in [9.17, 15) is 0 Å². The van der Waals surface area contributed by atoms with Crippen molar-refractivity contribution in [2.45, 2.75) is 0 Å². The van der Waals surface area contributed by atoms with Gasteiger partial charge in [-0.05, 0) is 18.2 Å². The van der Waals surface area contributed by atoms with E-state index >= 15 is 0 Å². The van der Waals surface area contributed by atoms with Gasteiger partial charge in [0.05, 0.1) is 16.7 Å². The maximum absolute atomic E-state index is 4.56. The Labute approximate surface area is 121 Å². The minimum Gasteiger partial charge on any atom is -0.315 e. The molecule has 0 unspecified atom stereocenters. The summed E-state index contributed by atoms with van der Waals surface area (Å²) in [5, 5.41) is 3.71. The van der Waals surface area contributed by atoms with Crippen LogP contribution >= 0.6 is 0 Å². The molecule has 0 fully saturated rings. The van der Waals surface area contributed by atoms with Crippen molar-refractivity contribution in [2.75, 3.05) is 0 Å². The number of aromatic nitrogens is 2. The Hall–Kier alpha value is -2.87. The normalized spacial score (nSPS) is 11.8. The smallest absolute Gasteiger partial charge is 0.0796 e. The Morgan fingerprint density at radius 3 is 2.52 bits per heavy atom. The standard InChI is InChI=1S/C19H12N2/c1-4-8-17-13(5-1)11-18-15-6-2-3-7-16(15)19-14(9-10-20-19)12-21(17)18/h1-12H. The predicted molar refractivity (Wildman–Crippen MR) is 86.8 cm³/mol. The van der Waals surface area contributed by atoms with Crippen LogP contribution in [0.5, 0.6) is 0 Å². The van der Waals surface area contributed by atoms with E-state index in [0.29, 0.717) is 0 Å². The van der Waals surface area contributed by atoms with Crippen LogP contribution in [-0.4, -0.2) is 9.38 Å². The summed E-state index contributed by atoms with van der Waals surface area (Å²) in [4.78, 5) is 4.56. The van der Waals surface area contributed by atoms with Gasteiger partial charge < -0.3 is 4.40 Å². The number of hydrogen-bond acceptors (Lipinski definition) is 1. The molecule has 0 aliphatic carbocycles. The molecule has 0 saturated heterocycles. The minimum atomic E-state index is 1.07. The highest BCUT2D eigenvalue weighted by Gasteiger charge is 2.12. The average molecular weight is 268 g/mol. The van der Waals surface area contributed by atoms with Gasteiger partial charge in [0.15, 0.2) is 0 Å². The van der Waals surface area contributed by atoms with Crippen molar-refractivity contribution >= 4 is 27.2 Å². The van der Waals surface area contributed by atoms with Crippen molar-refractivity contribution in [2.24, 2.45) is 0 Å². The topological polar surface area (TPSA) is 17.3 Å². The van der Waals surface area contributed by atoms with Crippen LogP contribution in [0, 0.1) is 0 Å². The predicted octanol–water partition coefficient (Wildman–Crippen LogP) is 4.75. The Kier molecular flexibility index (Phi) is 1.98. The van der Waals surface area contributed by atoms with Crippen LogP contribution in [0.1, 0.15) is 0 Å². The van der Waals surface area contributed by atoms with Gasteiger partial charge in [-0.15, -0.1) is 0 Å². The van der Waals surface area contributed by atoms with Crippen LogP contribution in [0.2, 0.25) is 0 Å².